The minimum absolute atomic E-state index is 0.0964. The molecule has 0 unspecified atom stereocenters. The molecule has 5 rings (SSSR count). The maximum Gasteiger partial charge on any atom is 0.251 e. The minimum atomic E-state index is -0.0964. The quantitative estimate of drug-likeness (QED) is 0.511. The first kappa shape index (κ1) is 18.8. The van der Waals surface area contributed by atoms with Crippen molar-refractivity contribution in [3.63, 3.8) is 0 Å². The number of aromatic nitrogens is 4. The summed E-state index contributed by atoms with van der Waals surface area (Å²) in [6, 6.07) is 11.1. The molecule has 0 radical (unpaired) electrons. The molecule has 1 N–H and O–H groups in total. The summed E-state index contributed by atoms with van der Waals surface area (Å²) in [5, 5.41) is 1.41. The van der Waals surface area contributed by atoms with E-state index in [0.717, 1.165) is 59.8 Å². The average Bonchev–Trinajstić information content (AvgIpc) is 3.19. The van der Waals surface area contributed by atoms with Crippen molar-refractivity contribution < 1.29 is 4.74 Å². The first-order valence-corrected chi connectivity index (χ1v) is 10.2. The number of halogens is 1. The topological polar surface area (TPSA) is 76.0 Å². The van der Waals surface area contributed by atoms with Crippen molar-refractivity contribution in [2.45, 2.75) is 6.54 Å². The van der Waals surface area contributed by atoms with E-state index in [9.17, 15) is 4.79 Å². The number of rotatable bonds is 4. The SMILES string of the molecule is O=c1cc(-c2c[nH]c3ncc(N4CCOCC4)cc23)ccn1Cc1cccc(Cl)n1. The molecule has 7 nitrogen and oxygen atoms in total. The summed E-state index contributed by atoms with van der Waals surface area (Å²) in [7, 11) is 0. The summed E-state index contributed by atoms with van der Waals surface area (Å²) in [6.07, 6.45) is 5.57. The van der Waals surface area contributed by atoms with Crippen LogP contribution in [0.4, 0.5) is 5.69 Å². The molecule has 5 heterocycles. The number of aromatic amines is 1. The summed E-state index contributed by atoms with van der Waals surface area (Å²) < 4.78 is 7.06. The number of pyridine rings is 3. The van der Waals surface area contributed by atoms with E-state index in [1.54, 1.807) is 22.9 Å². The van der Waals surface area contributed by atoms with Crippen molar-refractivity contribution in [2.75, 3.05) is 31.2 Å². The van der Waals surface area contributed by atoms with E-state index in [0.29, 0.717) is 11.7 Å². The van der Waals surface area contributed by atoms with Crippen LogP contribution in [0.3, 0.4) is 0 Å². The molecule has 1 saturated heterocycles. The lowest BCUT2D eigenvalue weighted by atomic mass is 10.1. The van der Waals surface area contributed by atoms with Crippen molar-refractivity contribution >= 4 is 28.3 Å². The number of ether oxygens (including phenoxy) is 1. The molecule has 0 amide bonds. The Bertz CT molecular complexity index is 1260. The van der Waals surface area contributed by atoms with Crippen LogP contribution in [0, 0.1) is 0 Å². The zero-order valence-corrected chi connectivity index (χ0v) is 17.0. The van der Waals surface area contributed by atoms with Crippen LogP contribution in [0.2, 0.25) is 5.15 Å². The standard InChI is InChI=1S/C22H20ClN5O2/c23-20-3-1-2-16(26-20)14-28-5-4-15(10-21(28)29)19-13-25-22-18(19)11-17(12-24-22)27-6-8-30-9-7-27/h1-5,10-13H,6-9,14H2,(H,24,25). The molecule has 0 aromatic carbocycles. The van der Waals surface area contributed by atoms with Gasteiger partial charge in [-0.25, -0.2) is 9.97 Å². The maximum absolute atomic E-state index is 12.7. The molecule has 0 bridgehead atoms. The van der Waals surface area contributed by atoms with Crippen molar-refractivity contribution in [3.8, 4) is 11.1 Å². The van der Waals surface area contributed by atoms with Gasteiger partial charge in [0.05, 0.1) is 37.3 Å². The van der Waals surface area contributed by atoms with E-state index in [1.807, 2.05) is 30.6 Å². The number of nitrogens with zero attached hydrogens (tertiary/aromatic N) is 4. The predicted molar refractivity (Wildman–Crippen MR) is 117 cm³/mol. The molecule has 0 spiro atoms. The van der Waals surface area contributed by atoms with Crippen LogP contribution in [0.1, 0.15) is 5.69 Å². The molecule has 152 valence electrons. The molecule has 30 heavy (non-hydrogen) atoms. The first-order chi connectivity index (χ1) is 14.7. The molecule has 1 aliphatic heterocycles. The Kier molecular flexibility index (Phi) is 4.98. The molecule has 4 aromatic heterocycles. The van der Waals surface area contributed by atoms with E-state index < -0.39 is 0 Å². The van der Waals surface area contributed by atoms with Gasteiger partial charge < -0.3 is 19.2 Å². The fraction of sp³-hybridized carbons (Fsp3) is 0.227. The average molecular weight is 422 g/mol. The molecular weight excluding hydrogens is 402 g/mol. The second-order valence-corrected chi connectivity index (χ2v) is 7.61. The lowest BCUT2D eigenvalue weighted by Gasteiger charge is -2.28. The van der Waals surface area contributed by atoms with E-state index in [4.69, 9.17) is 16.3 Å². The van der Waals surface area contributed by atoms with Crippen LogP contribution in [-0.2, 0) is 11.3 Å². The lowest BCUT2D eigenvalue weighted by molar-refractivity contribution is 0.122. The third-order valence-corrected chi connectivity index (χ3v) is 5.52. The van der Waals surface area contributed by atoms with Gasteiger partial charge in [0.25, 0.3) is 5.56 Å². The lowest BCUT2D eigenvalue weighted by Crippen LogP contribution is -2.36. The Morgan fingerprint density at radius 2 is 2.03 bits per heavy atom. The Balaban J connectivity index is 1.47. The number of anilines is 1. The van der Waals surface area contributed by atoms with Gasteiger partial charge in [-0.2, -0.15) is 0 Å². The maximum atomic E-state index is 12.7. The van der Waals surface area contributed by atoms with Crippen LogP contribution in [-0.4, -0.2) is 45.8 Å². The van der Waals surface area contributed by atoms with E-state index in [2.05, 4.69) is 25.9 Å². The summed E-state index contributed by atoms with van der Waals surface area (Å²) in [5.41, 5.74) is 4.31. The monoisotopic (exact) mass is 421 g/mol. The molecule has 1 aliphatic rings. The van der Waals surface area contributed by atoms with Crippen molar-refractivity contribution in [1.29, 1.82) is 0 Å². The molecular formula is C22H20ClN5O2. The number of morpholine rings is 1. The third-order valence-electron chi connectivity index (χ3n) is 5.31. The van der Waals surface area contributed by atoms with E-state index in [1.165, 1.54) is 0 Å². The van der Waals surface area contributed by atoms with Crippen molar-refractivity contribution in [2.24, 2.45) is 0 Å². The summed E-state index contributed by atoms with van der Waals surface area (Å²) in [6.45, 7) is 3.51. The zero-order valence-electron chi connectivity index (χ0n) is 16.2. The Morgan fingerprint density at radius 3 is 2.83 bits per heavy atom. The van der Waals surface area contributed by atoms with Gasteiger partial charge in [-0.1, -0.05) is 17.7 Å². The van der Waals surface area contributed by atoms with Crippen molar-refractivity contribution in [1.82, 2.24) is 19.5 Å². The first-order valence-electron chi connectivity index (χ1n) is 9.79. The molecule has 0 atom stereocenters. The highest BCUT2D eigenvalue weighted by Crippen LogP contribution is 2.30. The molecule has 8 heteroatoms. The van der Waals surface area contributed by atoms with Gasteiger partial charge in [-0.3, -0.25) is 4.79 Å². The van der Waals surface area contributed by atoms with Gasteiger partial charge in [0.1, 0.15) is 10.8 Å². The van der Waals surface area contributed by atoms with Gasteiger partial charge in [0.15, 0.2) is 0 Å². The Hall–Kier alpha value is -3.16. The Labute approximate surface area is 177 Å². The third kappa shape index (κ3) is 3.69. The summed E-state index contributed by atoms with van der Waals surface area (Å²) in [5.74, 6) is 0. The highest BCUT2D eigenvalue weighted by Gasteiger charge is 2.15. The molecule has 0 aliphatic carbocycles. The smallest absolute Gasteiger partial charge is 0.251 e. The number of fused-ring (bicyclic) bond motifs is 1. The largest absolute Gasteiger partial charge is 0.378 e. The van der Waals surface area contributed by atoms with Crippen LogP contribution in [0.25, 0.3) is 22.2 Å². The van der Waals surface area contributed by atoms with Crippen LogP contribution < -0.4 is 10.5 Å². The zero-order chi connectivity index (χ0) is 20.5. The van der Waals surface area contributed by atoms with Crippen LogP contribution in [0.15, 0.2) is 59.8 Å². The van der Waals surface area contributed by atoms with Gasteiger partial charge in [-0.15, -0.1) is 0 Å². The summed E-state index contributed by atoms with van der Waals surface area (Å²) in [4.78, 5) is 27.0. The van der Waals surface area contributed by atoms with E-state index in [-0.39, 0.29) is 5.56 Å². The second-order valence-electron chi connectivity index (χ2n) is 7.22. The van der Waals surface area contributed by atoms with Crippen LogP contribution >= 0.6 is 11.6 Å². The highest BCUT2D eigenvalue weighted by molar-refractivity contribution is 6.29. The normalized spacial score (nSPS) is 14.4. The minimum Gasteiger partial charge on any atom is -0.378 e. The van der Waals surface area contributed by atoms with E-state index >= 15 is 0 Å². The number of nitrogens with one attached hydrogen (secondary N) is 1. The van der Waals surface area contributed by atoms with Crippen LogP contribution in [0.5, 0.6) is 0 Å². The van der Waals surface area contributed by atoms with Gasteiger partial charge >= 0.3 is 0 Å². The summed E-state index contributed by atoms with van der Waals surface area (Å²) >= 11 is 5.95. The molecule has 0 saturated carbocycles. The predicted octanol–water partition coefficient (Wildman–Crippen LogP) is 3.32. The molecule has 1 fully saturated rings. The molecule has 4 aromatic rings. The van der Waals surface area contributed by atoms with Crippen molar-refractivity contribution in [3.05, 3.63) is 76.2 Å². The van der Waals surface area contributed by atoms with Gasteiger partial charge in [0, 0.05) is 42.5 Å². The Morgan fingerprint density at radius 1 is 1.17 bits per heavy atom. The number of H-pyrrole nitrogens is 1. The second kappa shape index (κ2) is 7.93. The fourth-order valence-electron chi connectivity index (χ4n) is 3.74. The fourth-order valence-corrected chi connectivity index (χ4v) is 3.93. The number of hydrogen-bond acceptors (Lipinski definition) is 5. The van der Waals surface area contributed by atoms with Gasteiger partial charge in [0.2, 0.25) is 0 Å². The van der Waals surface area contributed by atoms with Gasteiger partial charge in [-0.05, 0) is 29.8 Å². The highest BCUT2D eigenvalue weighted by atomic mass is 35.5. The number of hydrogen-bond donors (Lipinski definition) is 1.